The Bertz CT molecular complexity index is 936. The maximum Gasteiger partial charge on any atom is 0.272 e. The van der Waals surface area contributed by atoms with E-state index >= 15 is 0 Å². The molecule has 1 N–H and O–H groups in total. The molecule has 8 nitrogen and oxygen atoms in total. The van der Waals surface area contributed by atoms with Crippen LogP contribution in [0.25, 0.3) is 5.69 Å². The summed E-state index contributed by atoms with van der Waals surface area (Å²) in [7, 11) is 0. The topological polar surface area (TPSA) is 103 Å². The first-order valence-electron chi connectivity index (χ1n) is 7.96. The number of benzene rings is 2. The Labute approximate surface area is 149 Å². The number of hydrogen-bond donors (Lipinski definition) is 1. The van der Waals surface area contributed by atoms with Gasteiger partial charge in [0.2, 0.25) is 0 Å². The van der Waals surface area contributed by atoms with E-state index in [1.165, 1.54) is 24.5 Å². The van der Waals surface area contributed by atoms with Crippen LogP contribution in [0.15, 0.2) is 55.1 Å². The van der Waals surface area contributed by atoms with E-state index in [0.717, 1.165) is 11.3 Å². The van der Waals surface area contributed by atoms with E-state index in [9.17, 15) is 14.9 Å². The largest absolute Gasteiger partial charge is 0.346 e. The molecular weight excluding hydrogens is 334 g/mol. The molecule has 3 aromatic rings. The predicted molar refractivity (Wildman–Crippen MR) is 95.1 cm³/mol. The highest BCUT2D eigenvalue weighted by molar-refractivity contribution is 5.95. The zero-order valence-electron chi connectivity index (χ0n) is 14.3. The maximum absolute atomic E-state index is 12.4. The number of amides is 1. The van der Waals surface area contributed by atoms with Crippen molar-refractivity contribution in [1.29, 1.82) is 0 Å². The summed E-state index contributed by atoms with van der Waals surface area (Å²) in [4.78, 5) is 26.7. The molecule has 0 saturated carbocycles. The molecule has 3 rings (SSSR count). The highest BCUT2D eigenvalue weighted by atomic mass is 16.6. The van der Waals surface area contributed by atoms with Crippen LogP contribution in [0.2, 0.25) is 0 Å². The van der Waals surface area contributed by atoms with E-state index in [4.69, 9.17) is 0 Å². The van der Waals surface area contributed by atoms with Gasteiger partial charge in [0.25, 0.3) is 11.6 Å². The van der Waals surface area contributed by atoms with E-state index in [2.05, 4.69) is 15.4 Å². The van der Waals surface area contributed by atoms with Crippen LogP contribution in [-0.2, 0) is 0 Å². The molecule has 0 aliphatic carbocycles. The molecule has 0 fully saturated rings. The summed E-state index contributed by atoms with van der Waals surface area (Å²) in [6.07, 6.45) is 3.07. The van der Waals surface area contributed by atoms with E-state index in [1.54, 1.807) is 17.9 Å². The average Bonchev–Trinajstić information content (AvgIpc) is 3.16. The number of aryl methyl sites for hydroxylation is 1. The highest BCUT2D eigenvalue weighted by Crippen LogP contribution is 2.20. The first-order chi connectivity index (χ1) is 12.5. The minimum Gasteiger partial charge on any atom is -0.346 e. The standard InChI is InChI=1S/C18H17N5O3/c1-12-9-15(5-8-17(12)23(25)26)18(24)21-13(2)14-3-6-16(7-4-14)22-11-19-10-20-22/h3-11,13H,1-2H3,(H,21,24)/t13-/m1/s1. The van der Waals surface area contributed by atoms with Gasteiger partial charge in [-0.25, -0.2) is 9.67 Å². The summed E-state index contributed by atoms with van der Waals surface area (Å²) >= 11 is 0. The fourth-order valence-electron chi connectivity index (χ4n) is 2.62. The Balaban J connectivity index is 1.71. The summed E-state index contributed by atoms with van der Waals surface area (Å²) in [5.41, 5.74) is 2.64. The zero-order valence-corrected chi connectivity index (χ0v) is 14.3. The minimum absolute atomic E-state index is 0.00158. The second-order valence-corrected chi connectivity index (χ2v) is 5.89. The molecular formula is C18H17N5O3. The number of nitro groups is 1. The maximum atomic E-state index is 12.4. The number of carbonyl (C=O) groups is 1. The molecule has 0 aliphatic heterocycles. The van der Waals surface area contributed by atoms with Crippen molar-refractivity contribution >= 4 is 11.6 Å². The molecule has 0 unspecified atom stereocenters. The summed E-state index contributed by atoms with van der Waals surface area (Å²) in [6.45, 7) is 3.49. The van der Waals surface area contributed by atoms with Crippen LogP contribution in [-0.4, -0.2) is 25.6 Å². The summed E-state index contributed by atoms with van der Waals surface area (Å²) in [5, 5.41) is 17.8. The number of carbonyl (C=O) groups excluding carboxylic acids is 1. The van der Waals surface area contributed by atoms with Crippen molar-refractivity contribution in [2.75, 3.05) is 0 Å². The quantitative estimate of drug-likeness (QED) is 0.562. The normalized spacial score (nSPS) is 11.8. The van der Waals surface area contributed by atoms with E-state index in [1.807, 2.05) is 31.2 Å². The van der Waals surface area contributed by atoms with Crippen molar-refractivity contribution in [3.63, 3.8) is 0 Å². The van der Waals surface area contributed by atoms with Crippen molar-refractivity contribution < 1.29 is 9.72 Å². The monoisotopic (exact) mass is 351 g/mol. The van der Waals surface area contributed by atoms with Crippen LogP contribution >= 0.6 is 0 Å². The molecule has 0 saturated heterocycles. The number of nitro benzene ring substituents is 1. The predicted octanol–water partition coefficient (Wildman–Crippen LogP) is 2.97. The lowest BCUT2D eigenvalue weighted by Gasteiger charge is -2.15. The van der Waals surface area contributed by atoms with Crippen LogP contribution in [0.3, 0.4) is 0 Å². The van der Waals surface area contributed by atoms with E-state index in [0.29, 0.717) is 11.1 Å². The van der Waals surface area contributed by atoms with Gasteiger partial charge in [0, 0.05) is 17.2 Å². The second kappa shape index (κ2) is 7.14. The Morgan fingerprint density at radius 1 is 1.23 bits per heavy atom. The third-order valence-corrected chi connectivity index (χ3v) is 4.08. The minimum atomic E-state index is -0.462. The summed E-state index contributed by atoms with van der Waals surface area (Å²) in [5.74, 6) is -0.282. The van der Waals surface area contributed by atoms with E-state index < -0.39 is 4.92 Å². The fraction of sp³-hybridized carbons (Fsp3) is 0.167. The first-order valence-corrected chi connectivity index (χ1v) is 7.96. The van der Waals surface area contributed by atoms with Gasteiger partial charge in [0.15, 0.2) is 0 Å². The SMILES string of the molecule is Cc1cc(C(=O)N[C@H](C)c2ccc(-n3cncn3)cc2)ccc1[N+](=O)[O-]. The van der Waals surface area contributed by atoms with Gasteiger partial charge in [0.05, 0.1) is 16.7 Å². The number of hydrogen-bond acceptors (Lipinski definition) is 5. The van der Waals surface area contributed by atoms with Crippen LogP contribution in [0.4, 0.5) is 5.69 Å². The highest BCUT2D eigenvalue weighted by Gasteiger charge is 2.16. The van der Waals surface area contributed by atoms with Gasteiger partial charge in [-0.3, -0.25) is 14.9 Å². The van der Waals surface area contributed by atoms with Gasteiger partial charge in [-0.15, -0.1) is 0 Å². The molecule has 1 heterocycles. The van der Waals surface area contributed by atoms with Crippen molar-refractivity contribution in [2.24, 2.45) is 0 Å². The molecule has 1 amide bonds. The molecule has 0 radical (unpaired) electrons. The third-order valence-electron chi connectivity index (χ3n) is 4.08. The molecule has 2 aromatic carbocycles. The summed E-state index contributed by atoms with van der Waals surface area (Å²) in [6, 6.07) is 11.7. The third kappa shape index (κ3) is 3.59. The molecule has 0 bridgehead atoms. The molecule has 1 atom stereocenters. The van der Waals surface area contributed by atoms with Crippen molar-refractivity contribution in [2.45, 2.75) is 19.9 Å². The molecule has 1 aromatic heterocycles. The molecule has 0 aliphatic rings. The number of nitrogens with zero attached hydrogens (tertiary/aromatic N) is 4. The lowest BCUT2D eigenvalue weighted by Crippen LogP contribution is -2.26. The second-order valence-electron chi connectivity index (χ2n) is 5.89. The van der Waals surface area contributed by atoms with Crippen LogP contribution in [0.5, 0.6) is 0 Å². The van der Waals surface area contributed by atoms with Gasteiger partial charge >= 0.3 is 0 Å². The smallest absolute Gasteiger partial charge is 0.272 e. The molecule has 0 spiro atoms. The van der Waals surface area contributed by atoms with Crippen LogP contribution in [0.1, 0.15) is 34.5 Å². The molecule has 132 valence electrons. The van der Waals surface area contributed by atoms with Gasteiger partial charge in [0.1, 0.15) is 12.7 Å². The zero-order chi connectivity index (χ0) is 18.7. The summed E-state index contributed by atoms with van der Waals surface area (Å²) < 4.78 is 1.65. The average molecular weight is 351 g/mol. The lowest BCUT2D eigenvalue weighted by atomic mass is 10.1. The van der Waals surface area contributed by atoms with Gasteiger partial charge in [-0.05, 0) is 43.7 Å². The Morgan fingerprint density at radius 2 is 1.96 bits per heavy atom. The van der Waals surface area contributed by atoms with Crippen LogP contribution < -0.4 is 5.32 Å². The Hall–Kier alpha value is -3.55. The number of nitrogens with one attached hydrogen (secondary N) is 1. The van der Waals surface area contributed by atoms with Gasteiger partial charge in [-0.1, -0.05) is 12.1 Å². The number of aromatic nitrogens is 3. The van der Waals surface area contributed by atoms with Gasteiger partial charge in [-0.2, -0.15) is 5.10 Å². The lowest BCUT2D eigenvalue weighted by molar-refractivity contribution is -0.385. The van der Waals surface area contributed by atoms with E-state index in [-0.39, 0.29) is 17.6 Å². The Morgan fingerprint density at radius 3 is 2.54 bits per heavy atom. The van der Waals surface area contributed by atoms with Crippen molar-refractivity contribution in [3.8, 4) is 5.69 Å². The Kier molecular flexibility index (Phi) is 4.74. The van der Waals surface area contributed by atoms with Gasteiger partial charge < -0.3 is 5.32 Å². The van der Waals surface area contributed by atoms with Crippen molar-refractivity contribution in [1.82, 2.24) is 20.1 Å². The van der Waals surface area contributed by atoms with Crippen molar-refractivity contribution in [3.05, 3.63) is 81.9 Å². The number of rotatable bonds is 5. The first kappa shape index (κ1) is 17.3. The fourth-order valence-corrected chi connectivity index (χ4v) is 2.62. The molecule has 26 heavy (non-hydrogen) atoms. The van der Waals surface area contributed by atoms with Crippen LogP contribution in [0, 0.1) is 17.0 Å². The molecule has 8 heteroatoms.